The zero-order chi connectivity index (χ0) is 14.0. The molecular weight excluding hydrogens is 280 g/mol. The average molecular weight is 301 g/mol. The van der Waals surface area contributed by atoms with Crippen molar-refractivity contribution in [1.82, 2.24) is 14.8 Å². The summed E-state index contributed by atoms with van der Waals surface area (Å²) in [5, 5.41) is 3.20. The molecule has 2 heterocycles. The van der Waals surface area contributed by atoms with Gasteiger partial charge >= 0.3 is 0 Å². The molecule has 1 unspecified atom stereocenters. The minimum Gasteiger partial charge on any atom is -0.366 e. The lowest BCUT2D eigenvalue weighted by atomic mass is 10.1. The number of aryl methyl sites for hydroxylation is 1. The normalized spacial score (nSPS) is 18.5. The lowest BCUT2D eigenvalue weighted by Gasteiger charge is -2.32. The van der Waals surface area contributed by atoms with Gasteiger partial charge in [-0.15, -0.1) is 12.4 Å². The molecule has 1 aliphatic rings. The molecule has 1 saturated heterocycles. The van der Waals surface area contributed by atoms with Crippen LogP contribution in [0.15, 0.2) is 12.3 Å². The van der Waals surface area contributed by atoms with Crippen LogP contribution in [0.4, 0.5) is 0 Å². The second-order valence-electron chi connectivity index (χ2n) is 4.97. The van der Waals surface area contributed by atoms with E-state index in [2.05, 4.69) is 5.32 Å². The average Bonchev–Trinajstić information content (AvgIpc) is 2.80. The molecule has 1 atom stereocenters. The highest BCUT2D eigenvalue weighted by atomic mass is 35.5. The lowest BCUT2D eigenvalue weighted by molar-refractivity contribution is 0.0688. The number of primary amides is 1. The van der Waals surface area contributed by atoms with Crippen molar-refractivity contribution in [1.29, 1.82) is 0 Å². The minimum atomic E-state index is -0.513. The van der Waals surface area contributed by atoms with E-state index in [0.717, 1.165) is 19.4 Å². The van der Waals surface area contributed by atoms with Crippen LogP contribution in [0.25, 0.3) is 0 Å². The molecule has 2 rings (SSSR count). The van der Waals surface area contributed by atoms with Crippen molar-refractivity contribution in [3.05, 3.63) is 23.5 Å². The number of carbonyl (C=O) groups is 2. The van der Waals surface area contributed by atoms with Gasteiger partial charge in [0.25, 0.3) is 5.91 Å². The molecule has 0 bridgehead atoms. The Bertz CT molecular complexity index is 501. The van der Waals surface area contributed by atoms with Gasteiger partial charge in [0.05, 0.1) is 5.56 Å². The van der Waals surface area contributed by atoms with Crippen LogP contribution in [0.2, 0.25) is 0 Å². The Labute approximate surface area is 124 Å². The summed E-state index contributed by atoms with van der Waals surface area (Å²) in [6.07, 6.45) is 3.67. The van der Waals surface area contributed by atoms with E-state index in [1.807, 2.05) is 11.9 Å². The standard InChI is InChI=1S/C13H20N4O2.ClH/c1-15-10-4-3-5-17(8-10)13(19)11-6-9(12(14)18)7-16(11)2;/h6-7,10,15H,3-5,8H2,1-2H3,(H2,14,18);1H. The summed E-state index contributed by atoms with van der Waals surface area (Å²) >= 11 is 0. The van der Waals surface area contributed by atoms with Gasteiger partial charge in [0.2, 0.25) is 5.91 Å². The molecule has 1 fully saturated rings. The van der Waals surface area contributed by atoms with Gasteiger partial charge < -0.3 is 20.5 Å². The molecule has 3 N–H and O–H groups in total. The van der Waals surface area contributed by atoms with Crippen LogP contribution < -0.4 is 11.1 Å². The van der Waals surface area contributed by atoms with Crippen LogP contribution in [0.1, 0.15) is 33.7 Å². The largest absolute Gasteiger partial charge is 0.366 e. The Morgan fingerprint density at radius 3 is 2.70 bits per heavy atom. The summed E-state index contributed by atoms with van der Waals surface area (Å²) in [6, 6.07) is 1.90. The molecule has 2 amide bonds. The monoisotopic (exact) mass is 300 g/mol. The first-order chi connectivity index (χ1) is 9.02. The summed E-state index contributed by atoms with van der Waals surface area (Å²) in [5.41, 5.74) is 6.10. The van der Waals surface area contributed by atoms with Crippen LogP contribution in [0, 0.1) is 0 Å². The highest BCUT2D eigenvalue weighted by Crippen LogP contribution is 2.15. The molecule has 0 aromatic carbocycles. The minimum absolute atomic E-state index is 0. The highest BCUT2D eigenvalue weighted by Gasteiger charge is 2.25. The maximum Gasteiger partial charge on any atom is 0.270 e. The SMILES string of the molecule is CNC1CCCN(C(=O)c2cc(C(N)=O)cn2C)C1.Cl. The van der Waals surface area contributed by atoms with Crippen molar-refractivity contribution < 1.29 is 9.59 Å². The number of halogens is 1. The third kappa shape index (κ3) is 3.32. The number of carbonyl (C=O) groups excluding carboxylic acids is 2. The van der Waals surface area contributed by atoms with E-state index in [1.165, 1.54) is 0 Å². The van der Waals surface area contributed by atoms with E-state index in [4.69, 9.17) is 5.73 Å². The number of likely N-dealkylation sites (N-methyl/N-ethyl adjacent to an activating group) is 1. The number of hydrogen-bond donors (Lipinski definition) is 2. The van der Waals surface area contributed by atoms with Gasteiger partial charge in [0.1, 0.15) is 5.69 Å². The molecule has 1 aromatic rings. The number of aromatic nitrogens is 1. The van der Waals surface area contributed by atoms with Crippen molar-refractivity contribution in [3.8, 4) is 0 Å². The van der Waals surface area contributed by atoms with E-state index >= 15 is 0 Å². The number of rotatable bonds is 3. The first-order valence-corrected chi connectivity index (χ1v) is 6.45. The zero-order valence-electron chi connectivity index (χ0n) is 11.8. The van der Waals surface area contributed by atoms with Crippen LogP contribution in [-0.2, 0) is 7.05 Å². The number of likely N-dealkylation sites (tertiary alicyclic amines) is 1. The van der Waals surface area contributed by atoms with Crippen molar-refractivity contribution >= 4 is 24.2 Å². The number of nitrogens with two attached hydrogens (primary N) is 1. The van der Waals surface area contributed by atoms with Crippen molar-refractivity contribution in [2.24, 2.45) is 12.8 Å². The van der Waals surface area contributed by atoms with Gasteiger partial charge in [0.15, 0.2) is 0 Å². The van der Waals surface area contributed by atoms with E-state index in [1.54, 1.807) is 23.9 Å². The number of amides is 2. The smallest absolute Gasteiger partial charge is 0.270 e. The van der Waals surface area contributed by atoms with Gasteiger partial charge in [-0.1, -0.05) is 0 Å². The fourth-order valence-corrected chi connectivity index (χ4v) is 2.47. The summed E-state index contributed by atoms with van der Waals surface area (Å²) in [5.74, 6) is -0.559. The van der Waals surface area contributed by atoms with Gasteiger partial charge in [-0.05, 0) is 26.0 Å². The fourth-order valence-electron chi connectivity index (χ4n) is 2.47. The predicted octanol–water partition coefficient (Wildman–Crippen LogP) is 0.370. The second kappa shape index (κ2) is 6.76. The Hall–Kier alpha value is -1.53. The van der Waals surface area contributed by atoms with E-state index in [-0.39, 0.29) is 18.3 Å². The van der Waals surface area contributed by atoms with Crippen LogP contribution in [0.5, 0.6) is 0 Å². The summed E-state index contributed by atoms with van der Waals surface area (Å²) in [4.78, 5) is 25.4. The molecule has 0 radical (unpaired) electrons. The van der Waals surface area contributed by atoms with Crippen molar-refractivity contribution in [2.45, 2.75) is 18.9 Å². The molecule has 0 saturated carbocycles. The third-order valence-electron chi connectivity index (χ3n) is 3.63. The molecular formula is C13H21ClN4O2. The summed E-state index contributed by atoms with van der Waals surface area (Å²) < 4.78 is 1.66. The maximum atomic E-state index is 12.4. The van der Waals surface area contributed by atoms with Gasteiger partial charge in [-0.25, -0.2) is 0 Å². The van der Waals surface area contributed by atoms with E-state index in [9.17, 15) is 9.59 Å². The maximum absolute atomic E-state index is 12.4. The van der Waals surface area contributed by atoms with E-state index < -0.39 is 5.91 Å². The summed E-state index contributed by atoms with van der Waals surface area (Å²) in [7, 11) is 3.66. The van der Waals surface area contributed by atoms with Gasteiger partial charge in [-0.3, -0.25) is 9.59 Å². The van der Waals surface area contributed by atoms with Crippen molar-refractivity contribution in [3.63, 3.8) is 0 Å². The van der Waals surface area contributed by atoms with Crippen LogP contribution in [-0.4, -0.2) is 47.5 Å². The molecule has 0 aliphatic carbocycles. The quantitative estimate of drug-likeness (QED) is 0.846. The molecule has 20 heavy (non-hydrogen) atoms. The molecule has 7 heteroatoms. The first kappa shape index (κ1) is 16.5. The fraction of sp³-hybridized carbons (Fsp3) is 0.538. The number of hydrogen-bond acceptors (Lipinski definition) is 3. The Morgan fingerprint density at radius 1 is 1.45 bits per heavy atom. The topological polar surface area (TPSA) is 80.4 Å². The number of nitrogens with one attached hydrogen (secondary N) is 1. The molecule has 6 nitrogen and oxygen atoms in total. The zero-order valence-corrected chi connectivity index (χ0v) is 12.6. The Kier molecular flexibility index (Phi) is 5.59. The van der Waals surface area contributed by atoms with E-state index in [0.29, 0.717) is 23.8 Å². The Balaban J connectivity index is 0.00000200. The van der Waals surface area contributed by atoms with Crippen LogP contribution in [0.3, 0.4) is 0 Å². The van der Waals surface area contributed by atoms with Gasteiger partial charge in [0, 0.05) is 32.4 Å². The second-order valence-corrected chi connectivity index (χ2v) is 4.97. The van der Waals surface area contributed by atoms with Crippen LogP contribution >= 0.6 is 12.4 Å². The molecule has 1 aromatic heterocycles. The highest BCUT2D eigenvalue weighted by molar-refractivity contribution is 5.98. The van der Waals surface area contributed by atoms with Crippen molar-refractivity contribution in [2.75, 3.05) is 20.1 Å². The van der Waals surface area contributed by atoms with Gasteiger partial charge in [-0.2, -0.15) is 0 Å². The summed E-state index contributed by atoms with van der Waals surface area (Å²) in [6.45, 7) is 1.46. The molecule has 0 spiro atoms. The number of nitrogens with zero attached hydrogens (tertiary/aromatic N) is 2. The Morgan fingerprint density at radius 2 is 2.15 bits per heavy atom. The third-order valence-corrected chi connectivity index (χ3v) is 3.63. The predicted molar refractivity (Wildman–Crippen MR) is 79.2 cm³/mol. The molecule has 112 valence electrons. The number of piperidine rings is 1. The molecule has 1 aliphatic heterocycles. The lowest BCUT2D eigenvalue weighted by Crippen LogP contribution is -2.47. The first-order valence-electron chi connectivity index (χ1n) is 6.45.